The van der Waals surface area contributed by atoms with Crippen molar-refractivity contribution >= 4 is 15.7 Å². The Balaban J connectivity index is 1.59. The number of pyridine rings is 1. The highest BCUT2D eigenvalue weighted by molar-refractivity contribution is 7.89. The molecule has 9 nitrogen and oxygen atoms in total. The summed E-state index contributed by atoms with van der Waals surface area (Å²) in [5.74, 6) is -0.998. The first-order chi connectivity index (χ1) is 15.3. The molecule has 1 aliphatic heterocycles. The van der Waals surface area contributed by atoms with Crippen molar-refractivity contribution in [1.29, 1.82) is 0 Å². The van der Waals surface area contributed by atoms with Crippen molar-refractivity contribution in [3.05, 3.63) is 35.9 Å². The number of rotatable bonds is 4. The van der Waals surface area contributed by atoms with Gasteiger partial charge in [0.25, 0.3) is 0 Å². The average Bonchev–Trinajstić information content (AvgIpc) is 3.32. The van der Waals surface area contributed by atoms with Crippen LogP contribution in [0.4, 0.5) is 13.2 Å². The van der Waals surface area contributed by atoms with Gasteiger partial charge in [0.05, 0.1) is 22.9 Å². The molecule has 0 unspecified atom stereocenters. The fraction of sp³-hybridized carbons (Fsp3) is 0.471. The number of alkyl halides is 3. The van der Waals surface area contributed by atoms with Crippen LogP contribution in [0.25, 0.3) is 5.65 Å². The second-order valence-corrected chi connectivity index (χ2v) is 8.83. The van der Waals surface area contributed by atoms with Gasteiger partial charge in [-0.05, 0) is 30.4 Å². The van der Waals surface area contributed by atoms with Gasteiger partial charge in [0, 0.05) is 26.3 Å². The van der Waals surface area contributed by atoms with E-state index in [1.165, 1.54) is 17.8 Å². The first-order valence-corrected chi connectivity index (χ1v) is 10.3. The van der Waals surface area contributed by atoms with E-state index in [1.807, 2.05) is 0 Å². The molecule has 0 atom stereocenters. The van der Waals surface area contributed by atoms with Crippen molar-refractivity contribution in [3.8, 4) is 5.88 Å². The Morgan fingerprint density at radius 3 is 2.67 bits per heavy atom. The summed E-state index contributed by atoms with van der Waals surface area (Å²) < 4.78 is 97.2. The molecule has 0 spiro atoms. The van der Waals surface area contributed by atoms with Crippen LogP contribution in [0.5, 0.6) is 5.88 Å². The van der Waals surface area contributed by atoms with E-state index in [0.717, 1.165) is 27.6 Å². The van der Waals surface area contributed by atoms with E-state index < -0.39 is 45.5 Å². The molecule has 4 rings (SSSR count). The van der Waals surface area contributed by atoms with Crippen molar-refractivity contribution in [2.75, 3.05) is 20.1 Å². The fourth-order valence-corrected chi connectivity index (χ4v) is 5.24. The van der Waals surface area contributed by atoms with Gasteiger partial charge in [0.2, 0.25) is 15.9 Å². The molecule has 0 radical (unpaired) electrons. The van der Waals surface area contributed by atoms with Crippen LogP contribution < -0.4 is 4.74 Å². The van der Waals surface area contributed by atoms with E-state index in [1.54, 1.807) is 0 Å². The van der Waals surface area contributed by atoms with Gasteiger partial charge in [-0.2, -0.15) is 27.7 Å². The van der Waals surface area contributed by atoms with Crippen LogP contribution in [0.1, 0.15) is 34.0 Å². The molecule has 0 N–H and O–H groups in total. The van der Waals surface area contributed by atoms with Crippen molar-refractivity contribution in [2.24, 2.45) is 7.05 Å². The van der Waals surface area contributed by atoms with Gasteiger partial charge in [0.15, 0.2) is 10.5 Å². The number of piperidine rings is 1. The second-order valence-electron chi connectivity index (χ2n) is 6.92. The zero-order valence-electron chi connectivity index (χ0n) is 18.7. The maximum Gasteiger partial charge on any atom is 0.416 e. The summed E-state index contributed by atoms with van der Waals surface area (Å²) in [5, 5.41) is 7.68. The van der Waals surface area contributed by atoms with Gasteiger partial charge in [0.1, 0.15) is 6.33 Å². The molecule has 0 saturated carbocycles. The van der Waals surface area contributed by atoms with Crippen LogP contribution in [-0.4, -0.2) is 57.2 Å². The minimum atomic E-state index is -4.61. The third-order valence-electron chi connectivity index (χ3n) is 5.21. The zero-order chi connectivity index (χ0) is 24.2. The molecule has 0 bridgehead atoms. The molecule has 30 heavy (non-hydrogen) atoms. The lowest BCUT2D eigenvalue weighted by atomic mass is 9.88. The standard InChI is InChI=1S/C17H19F3N6O3S/c1-24-16(29-2)14(8-22-24)30(27,28)25-5-3-11(4-6-25)12-9-26-15(21-10-23-26)7-13(12)17(18,19)20/h7-11H,3-6H2,1-2H3/i2D3. The Morgan fingerprint density at radius 2 is 2.00 bits per heavy atom. The molecule has 0 amide bonds. The van der Waals surface area contributed by atoms with Gasteiger partial charge < -0.3 is 4.74 Å². The van der Waals surface area contributed by atoms with Crippen LogP contribution >= 0.6 is 0 Å². The van der Waals surface area contributed by atoms with Crippen LogP contribution in [0, 0.1) is 0 Å². The van der Waals surface area contributed by atoms with Crippen molar-refractivity contribution in [1.82, 2.24) is 28.7 Å². The van der Waals surface area contributed by atoms with E-state index in [0.29, 0.717) is 0 Å². The Morgan fingerprint density at radius 1 is 1.27 bits per heavy atom. The minimum absolute atomic E-state index is 0.0188. The average molecular weight is 447 g/mol. The van der Waals surface area contributed by atoms with Crippen LogP contribution in [0.15, 0.2) is 29.7 Å². The molecule has 162 valence electrons. The molecular formula is C17H19F3N6O3S. The lowest BCUT2D eigenvalue weighted by molar-refractivity contribution is -0.138. The smallest absolute Gasteiger partial charge is 0.416 e. The summed E-state index contributed by atoms with van der Waals surface area (Å²) in [6.07, 6.45) is -0.937. The second kappa shape index (κ2) is 7.23. The van der Waals surface area contributed by atoms with E-state index >= 15 is 0 Å². The predicted molar refractivity (Wildman–Crippen MR) is 98.5 cm³/mol. The van der Waals surface area contributed by atoms with Gasteiger partial charge in [-0.15, -0.1) is 0 Å². The highest BCUT2D eigenvalue weighted by atomic mass is 32.2. The molecular weight excluding hydrogens is 425 g/mol. The van der Waals surface area contributed by atoms with Gasteiger partial charge in [-0.1, -0.05) is 0 Å². The number of fused-ring (bicyclic) bond motifs is 1. The Bertz CT molecular complexity index is 1280. The highest BCUT2D eigenvalue weighted by Gasteiger charge is 2.39. The summed E-state index contributed by atoms with van der Waals surface area (Å²) in [5.41, 5.74) is -0.750. The first-order valence-electron chi connectivity index (χ1n) is 10.4. The molecule has 1 fully saturated rings. The van der Waals surface area contributed by atoms with E-state index in [-0.39, 0.29) is 37.1 Å². The number of aromatic nitrogens is 5. The Labute approximate surface area is 174 Å². The van der Waals surface area contributed by atoms with Gasteiger partial charge in [-0.3, -0.25) is 0 Å². The number of methoxy groups -OCH3 is 1. The highest BCUT2D eigenvalue weighted by Crippen LogP contribution is 2.40. The van der Waals surface area contributed by atoms with Crippen LogP contribution in [-0.2, 0) is 23.2 Å². The number of aryl methyl sites for hydroxylation is 1. The maximum atomic E-state index is 13.7. The molecule has 1 saturated heterocycles. The summed E-state index contributed by atoms with van der Waals surface area (Å²) in [7, 11) is -5.74. The van der Waals surface area contributed by atoms with E-state index in [4.69, 9.17) is 8.85 Å². The number of hydrogen-bond acceptors (Lipinski definition) is 6. The van der Waals surface area contributed by atoms with Crippen molar-refractivity contribution in [2.45, 2.75) is 29.8 Å². The molecule has 1 aliphatic rings. The number of nitrogens with zero attached hydrogens (tertiary/aromatic N) is 6. The SMILES string of the molecule is [2H]C([2H])([2H])Oc1c(S(=O)(=O)N2CCC(c3cn4ncnc4cc3C(F)(F)F)CC2)cnn1C. The summed E-state index contributed by atoms with van der Waals surface area (Å²) in [6, 6.07) is 0.930. The molecule has 4 heterocycles. The zero-order valence-corrected chi connectivity index (χ0v) is 16.5. The third kappa shape index (κ3) is 3.41. The number of hydrogen-bond donors (Lipinski definition) is 0. The quantitative estimate of drug-likeness (QED) is 0.608. The number of sulfonamides is 1. The predicted octanol–water partition coefficient (Wildman–Crippen LogP) is 2.06. The summed E-state index contributed by atoms with van der Waals surface area (Å²) in [6.45, 7) is -0.135. The number of ether oxygens (including phenoxy) is 1. The summed E-state index contributed by atoms with van der Waals surface area (Å²) >= 11 is 0. The maximum absolute atomic E-state index is 13.7. The topological polar surface area (TPSA) is 94.6 Å². The van der Waals surface area contributed by atoms with Crippen molar-refractivity contribution < 1.29 is 30.4 Å². The van der Waals surface area contributed by atoms with Gasteiger partial charge >= 0.3 is 6.18 Å². The largest absolute Gasteiger partial charge is 0.480 e. The Kier molecular flexibility index (Phi) is 4.11. The van der Waals surface area contributed by atoms with Crippen LogP contribution in [0.3, 0.4) is 0 Å². The molecule has 0 aliphatic carbocycles. The third-order valence-corrected chi connectivity index (χ3v) is 7.09. The first kappa shape index (κ1) is 17.1. The van der Waals surface area contributed by atoms with Crippen LogP contribution in [0.2, 0.25) is 0 Å². The van der Waals surface area contributed by atoms with E-state index in [2.05, 4.69) is 15.2 Å². The number of halogens is 3. The monoisotopic (exact) mass is 447 g/mol. The molecule has 3 aromatic rings. The van der Waals surface area contributed by atoms with Crippen molar-refractivity contribution in [3.63, 3.8) is 0 Å². The fourth-order valence-electron chi connectivity index (χ4n) is 3.69. The summed E-state index contributed by atoms with van der Waals surface area (Å²) in [4.78, 5) is 3.38. The minimum Gasteiger partial charge on any atom is -0.480 e. The van der Waals surface area contributed by atoms with Gasteiger partial charge in [-0.25, -0.2) is 22.6 Å². The molecule has 0 aromatic carbocycles. The van der Waals surface area contributed by atoms with E-state index in [9.17, 15) is 21.6 Å². The molecule has 3 aromatic heterocycles. The lowest BCUT2D eigenvalue weighted by Crippen LogP contribution is -2.38. The normalized spacial score (nSPS) is 18.9. The lowest BCUT2D eigenvalue weighted by Gasteiger charge is -2.32. The molecule has 13 heteroatoms. The Hall–Kier alpha value is -2.67.